The van der Waals surface area contributed by atoms with Gasteiger partial charge < -0.3 is 11.1 Å². The number of primary amides is 1. The van der Waals surface area contributed by atoms with E-state index in [2.05, 4.69) is 5.32 Å². The van der Waals surface area contributed by atoms with Crippen molar-refractivity contribution in [3.8, 4) is 0 Å². The molecule has 0 spiro atoms. The summed E-state index contributed by atoms with van der Waals surface area (Å²) in [6.07, 6.45) is 5.10. The van der Waals surface area contributed by atoms with Gasteiger partial charge in [0.1, 0.15) is 0 Å². The van der Waals surface area contributed by atoms with Gasteiger partial charge in [0.15, 0.2) is 0 Å². The van der Waals surface area contributed by atoms with E-state index < -0.39 is 6.03 Å². The maximum atomic E-state index is 10.2. The monoisotopic (exact) mass is 142 g/mol. The molecule has 2 amide bonds. The Bertz CT molecular complexity index is 121. The lowest BCUT2D eigenvalue weighted by Crippen LogP contribution is -2.30. The van der Waals surface area contributed by atoms with Crippen LogP contribution in [0.4, 0.5) is 4.79 Å². The minimum Gasteiger partial charge on any atom is -0.352 e. The van der Waals surface area contributed by atoms with E-state index in [1.165, 1.54) is 19.3 Å². The van der Waals surface area contributed by atoms with E-state index in [1.54, 1.807) is 0 Å². The average molecular weight is 142 g/mol. The third-order valence-corrected chi connectivity index (χ3v) is 1.79. The highest BCUT2D eigenvalue weighted by molar-refractivity contribution is 5.71. The fourth-order valence-electron chi connectivity index (χ4n) is 1.01. The quantitative estimate of drug-likeness (QED) is 0.561. The van der Waals surface area contributed by atoms with Crippen molar-refractivity contribution in [3.05, 3.63) is 0 Å². The third kappa shape index (κ3) is 3.33. The zero-order valence-electron chi connectivity index (χ0n) is 6.10. The van der Waals surface area contributed by atoms with Gasteiger partial charge in [0, 0.05) is 6.54 Å². The first kappa shape index (κ1) is 7.38. The van der Waals surface area contributed by atoms with Crippen molar-refractivity contribution in [2.75, 3.05) is 6.54 Å². The molecule has 0 atom stereocenters. The minimum atomic E-state index is -0.407. The predicted molar refractivity (Wildman–Crippen MR) is 39.5 cm³/mol. The molecule has 1 rings (SSSR count). The van der Waals surface area contributed by atoms with E-state index in [0.717, 1.165) is 18.9 Å². The van der Waals surface area contributed by atoms with Gasteiger partial charge in [0.25, 0.3) is 0 Å². The van der Waals surface area contributed by atoms with Gasteiger partial charge in [0.05, 0.1) is 0 Å². The Morgan fingerprint density at radius 2 is 2.30 bits per heavy atom. The van der Waals surface area contributed by atoms with Crippen LogP contribution in [0, 0.1) is 5.92 Å². The molecule has 3 N–H and O–H groups in total. The van der Waals surface area contributed by atoms with Gasteiger partial charge in [0.2, 0.25) is 0 Å². The van der Waals surface area contributed by atoms with Gasteiger partial charge in [-0.1, -0.05) is 12.8 Å². The van der Waals surface area contributed by atoms with E-state index in [0.29, 0.717) is 0 Å². The van der Waals surface area contributed by atoms with E-state index in [1.807, 2.05) is 0 Å². The van der Waals surface area contributed by atoms with Crippen molar-refractivity contribution in [2.45, 2.75) is 25.7 Å². The summed E-state index contributed by atoms with van der Waals surface area (Å²) in [4.78, 5) is 10.2. The Labute approximate surface area is 61.0 Å². The van der Waals surface area contributed by atoms with Crippen LogP contribution in [0.3, 0.4) is 0 Å². The van der Waals surface area contributed by atoms with Crippen molar-refractivity contribution in [3.63, 3.8) is 0 Å². The molecule has 0 saturated heterocycles. The molecule has 0 aromatic carbocycles. The van der Waals surface area contributed by atoms with Gasteiger partial charge >= 0.3 is 6.03 Å². The van der Waals surface area contributed by atoms with Crippen LogP contribution < -0.4 is 11.1 Å². The zero-order valence-corrected chi connectivity index (χ0v) is 6.10. The normalized spacial score (nSPS) is 16.8. The van der Waals surface area contributed by atoms with Crippen LogP contribution >= 0.6 is 0 Å². The van der Waals surface area contributed by atoms with Gasteiger partial charge in [-0.3, -0.25) is 0 Å². The number of rotatable bonds is 4. The molecule has 10 heavy (non-hydrogen) atoms. The summed E-state index contributed by atoms with van der Waals surface area (Å²) in [5, 5.41) is 2.57. The SMILES string of the molecule is NC(=O)NCCCC1CC1. The van der Waals surface area contributed by atoms with Crippen LogP contribution in [-0.4, -0.2) is 12.6 Å². The lowest BCUT2D eigenvalue weighted by atomic mass is 10.2. The fourth-order valence-corrected chi connectivity index (χ4v) is 1.01. The summed E-state index contributed by atoms with van der Waals surface area (Å²) in [6, 6.07) is -0.407. The summed E-state index contributed by atoms with van der Waals surface area (Å²) in [5.74, 6) is 0.953. The van der Waals surface area contributed by atoms with Gasteiger partial charge in [-0.05, 0) is 18.8 Å². The van der Waals surface area contributed by atoms with E-state index >= 15 is 0 Å². The van der Waals surface area contributed by atoms with Crippen molar-refractivity contribution in [2.24, 2.45) is 11.7 Å². The summed E-state index contributed by atoms with van der Waals surface area (Å²) < 4.78 is 0. The highest BCUT2D eigenvalue weighted by atomic mass is 16.2. The lowest BCUT2D eigenvalue weighted by Gasteiger charge is -1.98. The first-order valence-electron chi connectivity index (χ1n) is 3.82. The fraction of sp³-hybridized carbons (Fsp3) is 0.857. The number of carbonyl (C=O) groups excluding carboxylic acids is 1. The van der Waals surface area contributed by atoms with Gasteiger partial charge in [-0.2, -0.15) is 0 Å². The van der Waals surface area contributed by atoms with Crippen LogP contribution in [0.5, 0.6) is 0 Å². The minimum absolute atomic E-state index is 0.407. The maximum Gasteiger partial charge on any atom is 0.312 e. The Kier molecular flexibility index (Phi) is 2.54. The van der Waals surface area contributed by atoms with E-state index in [-0.39, 0.29) is 0 Å². The molecular weight excluding hydrogens is 128 g/mol. The van der Waals surface area contributed by atoms with Crippen LogP contribution in [-0.2, 0) is 0 Å². The topological polar surface area (TPSA) is 55.1 Å². The van der Waals surface area contributed by atoms with Crippen LogP contribution in [0.1, 0.15) is 25.7 Å². The Hall–Kier alpha value is -0.730. The Morgan fingerprint density at radius 1 is 1.60 bits per heavy atom. The molecule has 58 valence electrons. The Morgan fingerprint density at radius 3 is 2.80 bits per heavy atom. The highest BCUT2D eigenvalue weighted by Crippen LogP contribution is 2.33. The number of nitrogens with one attached hydrogen (secondary N) is 1. The second-order valence-electron chi connectivity index (χ2n) is 2.88. The number of hydrogen-bond acceptors (Lipinski definition) is 1. The lowest BCUT2D eigenvalue weighted by molar-refractivity contribution is 0.248. The molecule has 0 unspecified atom stereocenters. The second-order valence-corrected chi connectivity index (χ2v) is 2.88. The second kappa shape index (κ2) is 3.44. The molecule has 1 aliphatic carbocycles. The van der Waals surface area contributed by atoms with Crippen LogP contribution in [0.25, 0.3) is 0 Å². The standard InChI is InChI=1S/C7H14N2O/c8-7(10)9-5-1-2-6-3-4-6/h6H,1-5H2,(H3,8,9,10). The van der Waals surface area contributed by atoms with Crippen molar-refractivity contribution < 1.29 is 4.79 Å². The molecule has 0 aliphatic heterocycles. The smallest absolute Gasteiger partial charge is 0.312 e. The largest absolute Gasteiger partial charge is 0.352 e. The molecule has 0 aromatic heterocycles. The van der Waals surface area contributed by atoms with Crippen LogP contribution in [0.15, 0.2) is 0 Å². The van der Waals surface area contributed by atoms with E-state index in [4.69, 9.17) is 5.73 Å². The van der Waals surface area contributed by atoms with Gasteiger partial charge in [-0.15, -0.1) is 0 Å². The molecule has 3 nitrogen and oxygen atoms in total. The first-order chi connectivity index (χ1) is 4.79. The number of amides is 2. The Balaban J connectivity index is 1.80. The summed E-state index contributed by atoms with van der Waals surface area (Å²) in [7, 11) is 0. The molecule has 1 aliphatic rings. The molecule has 1 fully saturated rings. The van der Waals surface area contributed by atoms with Crippen LogP contribution in [0.2, 0.25) is 0 Å². The molecule has 1 saturated carbocycles. The molecule has 0 bridgehead atoms. The molecule has 0 radical (unpaired) electrons. The van der Waals surface area contributed by atoms with Crippen molar-refractivity contribution >= 4 is 6.03 Å². The number of hydrogen-bond donors (Lipinski definition) is 2. The molecular formula is C7H14N2O. The highest BCUT2D eigenvalue weighted by Gasteiger charge is 2.19. The molecule has 0 aromatic rings. The zero-order chi connectivity index (χ0) is 7.40. The average Bonchev–Trinajstić information content (AvgIpc) is 2.62. The molecule has 3 heteroatoms. The third-order valence-electron chi connectivity index (χ3n) is 1.79. The number of carbonyl (C=O) groups is 1. The first-order valence-corrected chi connectivity index (χ1v) is 3.82. The predicted octanol–water partition coefficient (Wildman–Crippen LogP) is 0.845. The molecule has 0 heterocycles. The van der Waals surface area contributed by atoms with Crippen molar-refractivity contribution in [1.82, 2.24) is 5.32 Å². The maximum absolute atomic E-state index is 10.2. The van der Waals surface area contributed by atoms with Gasteiger partial charge in [-0.25, -0.2) is 4.79 Å². The van der Waals surface area contributed by atoms with E-state index in [9.17, 15) is 4.79 Å². The van der Waals surface area contributed by atoms with Crippen molar-refractivity contribution in [1.29, 1.82) is 0 Å². The summed E-state index contributed by atoms with van der Waals surface area (Å²) in [6.45, 7) is 0.742. The summed E-state index contributed by atoms with van der Waals surface area (Å²) >= 11 is 0. The number of nitrogens with two attached hydrogens (primary N) is 1. The summed E-state index contributed by atoms with van der Waals surface area (Å²) in [5.41, 5.74) is 4.87. The number of urea groups is 1.